The van der Waals surface area contributed by atoms with Gasteiger partial charge in [0, 0.05) is 5.92 Å². The van der Waals surface area contributed by atoms with Gasteiger partial charge in [0.25, 0.3) is 0 Å². The van der Waals surface area contributed by atoms with Crippen LogP contribution in [0.1, 0.15) is 36.3 Å². The van der Waals surface area contributed by atoms with Crippen LogP contribution in [-0.2, 0) is 14.3 Å². The monoisotopic (exact) mass is 458 g/mol. The lowest BCUT2D eigenvalue weighted by atomic mass is 9.98. The molecule has 0 unspecified atom stereocenters. The van der Waals surface area contributed by atoms with E-state index in [2.05, 4.69) is 17.8 Å². The number of rotatable bonds is 7. The van der Waals surface area contributed by atoms with Gasteiger partial charge < -0.3 is 20.1 Å². The maximum atomic E-state index is 13.2. The van der Waals surface area contributed by atoms with Gasteiger partial charge in [-0.2, -0.15) is 0 Å². The van der Waals surface area contributed by atoms with Crippen molar-refractivity contribution in [1.82, 2.24) is 10.2 Å². The largest absolute Gasteiger partial charge is 0.480 e. The molecule has 4 rings (SSSR count). The topological polar surface area (TPSA) is 95.9 Å². The number of carboxylic acids is 1. The highest BCUT2D eigenvalue weighted by Crippen LogP contribution is 2.44. The maximum absolute atomic E-state index is 13.2. The molecule has 1 aliphatic heterocycles. The van der Waals surface area contributed by atoms with Crippen molar-refractivity contribution < 1.29 is 24.2 Å². The highest BCUT2D eigenvalue weighted by atomic mass is 16.5. The van der Waals surface area contributed by atoms with Crippen LogP contribution in [0, 0.1) is 12.3 Å². The quantitative estimate of drug-likeness (QED) is 0.489. The van der Waals surface area contributed by atoms with Crippen molar-refractivity contribution in [1.29, 1.82) is 0 Å². The fourth-order valence-electron chi connectivity index (χ4n) is 4.87. The molecule has 34 heavy (non-hydrogen) atoms. The van der Waals surface area contributed by atoms with Crippen molar-refractivity contribution in [2.45, 2.75) is 43.3 Å². The molecule has 0 bridgehead atoms. The minimum absolute atomic E-state index is 0.101. The van der Waals surface area contributed by atoms with E-state index in [0.717, 1.165) is 22.3 Å². The van der Waals surface area contributed by atoms with E-state index in [9.17, 15) is 19.5 Å². The van der Waals surface area contributed by atoms with Gasteiger partial charge in [0.1, 0.15) is 18.7 Å². The highest BCUT2D eigenvalue weighted by Gasteiger charge is 2.42. The summed E-state index contributed by atoms with van der Waals surface area (Å²) in [5.74, 6) is 0.690. The normalized spacial score (nSPS) is 19.4. The average Bonchev–Trinajstić information content (AvgIpc) is 3.41. The number of carbonyl (C=O) groups is 3. The number of terminal acetylenes is 1. The van der Waals surface area contributed by atoms with Gasteiger partial charge in [0.05, 0.1) is 6.04 Å². The Labute approximate surface area is 198 Å². The van der Waals surface area contributed by atoms with Gasteiger partial charge in [0.2, 0.25) is 5.91 Å². The van der Waals surface area contributed by atoms with E-state index in [1.165, 1.54) is 11.0 Å². The van der Waals surface area contributed by atoms with Crippen LogP contribution in [0.3, 0.4) is 0 Å². The molecule has 1 aliphatic carbocycles. The molecule has 7 nitrogen and oxygen atoms in total. The van der Waals surface area contributed by atoms with Crippen molar-refractivity contribution in [3.63, 3.8) is 0 Å². The van der Waals surface area contributed by atoms with E-state index in [0.29, 0.717) is 6.42 Å². The number of amides is 2. The number of hydrogen-bond donors (Lipinski definition) is 2. The Morgan fingerprint density at radius 3 is 2.32 bits per heavy atom. The Morgan fingerprint density at radius 1 is 1.15 bits per heavy atom. The molecule has 0 aromatic heterocycles. The first-order valence-electron chi connectivity index (χ1n) is 11.2. The molecule has 0 saturated carbocycles. The van der Waals surface area contributed by atoms with Gasteiger partial charge in [-0.15, -0.1) is 13.0 Å². The van der Waals surface area contributed by atoms with Gasteiger partial charge in [-0.3, -0.25) is 4.79 Å². The van der Waals surface area contributed by atoms with Crippen molar-refractivity contribution in [2.24, 2.45) is 0 Å². The summed E-state index contributed by atoms with van der Waals surface area (Å²) in [5, 5.41) is 12.1. The second-order valence-corrected chi connectivity index (χ2v) is 8.41. The van der Waals surface area contributed by atoms with E-state index in [1.54, 1.807) is 0 Å². The number of aliphatic carboxylic acids is 1. The summed E-state index contributed by atoms with van der Waals surface area (Å²) in [6.45, 7) is 3.75. The maximum Gasteiger partial charge on any atom is 0.407 e. The molecule has 1 fully saturated rings. The third-order valence-corrected chi connectivity index (χ3v) is 6.45. The van der Waals surface area contributed by atoms with Gasteiger partial charge in [-0.1, -0.05) is 60.5 Å². The lowest BCUT2D eigenvalue weighted by Gasteiger charge is -2.29. The molecular formula is C27H26N2O5. The third-order valence-electron chi connectivity index (χ3n) is 6.45. The van der Waals surface area contributed by atoms with Crippen LogP contribution in [0.15, 0.2) is 61.2 Å². The molecule has 0 radical (unpaired) electrons. The summed E-state index contributed by atoms with van der Waals surface area (Å²) in [4.78, 5) is 38.7. The Bertz CT molecular complexity index is 1120. The molecular weight excluding hydrogens is 432 g/mol. The number of fused-ring (bicyclic) bond motifs is 3. The zero-order valence-electron chi connectivity index (χ0n) is 18.6. The first kappa shape index (κ1) is 23.1. The van der Waals surface area contributed by atoms with Crippen molar-refractivity contribution in [3.05, 3.63) is 72.3 Å². The summed E-state index contributed by atoms with van der Waals surface area (Å²) in [6.07, 6.45) is 7.03. The predicted octanol–water partition coefficient (Wildman–Crippen LogP) is 3.55. The minimum Gasteiger partial charge on any atom is -0.480 e. The molecule has 2 amide bonds. The van der Waals surface area contributed by atoms with Crippen molar-refractivity contribution >= 4 is 18.0 Å². The molecule has 0 spiro atoms. The minimum atomic E-state index is -1.12. The van der Waals surface area contributed by atoms with Gasteiger partial charge >= 0.3 is 12.1 Å². The molecule has 3 atom stereocenters. The lowest BCUT2D eigenvalue weighted by Crippen LogP contribution is -2.54. The number of nitrogens with zero attached hydrogens (tertiary/aromatic N) is 1. The van der Waals surface area contributed by atoms with Crippen molar-refractivity contribution in [3.8, 4) is 23.5 Å². The van der Waals surface area contributed by atoms with Gasteiger partial charge in [-0.05, 0) is 41.5 Å². The van der Waals surface area contributed by atoms with E-state index < -0.39 is 36.1 Å². The first-order chi connectivity index (χ1) is 16.5. The number of alkyl carbamates (subject to hydrolysis) is 1. The average molecular weight is 459 g/mol. The van der Waals surface area contributed by atoms with Gasteiger partial charge in [-0.25, -0.2) is 9.59 Å². The summed E-state index contributed by atoms with van der Waals surface area (Å²) in [7, 11) is 0. The van der Waals surface area contributed by atoms with E-state index >= 15 is 0 Å². The summed E-state index contributed by atoms with van der Waals surface area (Å²) in [6, 6.07) is 13.3. The Hall–Kier alpha value is -4.05. The van der Waals surface area contributed by atoms with E-state index in [-0.39, 0.29) is 25.4 Å². The Balaban J connectivity index is 1.46. The number of ether oxygens (including phenoxy) is 1. The molecule has 2 aromatic carbocycles. The lowest BCUT2D eigenvalue weighted by molar-refractivity contribution is -0.149. The molecule has 1 saturated heterocycles. The summed E-state index contributed by atoms with van der Waals surface area (Å²) in [5.41, 5.74) is 4.38. The molecule has 7 heteroatoms. The van der Waals surface area contributed by atoms with Crippen LogP contribution in [0.25, 0.3) is 11.1 Å². The van der Waals surface area contributed by atoms with Crippen LogP contribution in [-0.4, -0.2) is 52.7 Å². The zero-order valence-corrected chi connectivity index (χ0v) is 18.6. The Morgan fingerprint density at radius 2 is 1.76 bits per heavy atom. The number of carbonyl (C=O) groups excluding carboxylic acids is 2. The fourth-order valence-corrected chi connectivity index (χ4v) is 4.87. The number of nitrogens with one attached hydrogen (secondary N) is 1. The molecule has 1 heterocycles. The van der Waals surface area contributed by atoms with Crippen molar-refractivity contribution in [2.75, 3.05) is 6.61 Å². The standard InChI is InChI=1S/C27H26N2O5/c1-3-9-23(25(30)29-17(4-2)14-15-24(29)26(31)32)28-27(33)34-16-22-20-12-7-5-10-18(20)19-11-6-8-13-21(19)22/h2-3,5-8,10-13,17,22-24H,1,9,14-16H2,(H,28,33)(H,31,32)/t17-,23-,24-/m0/s1. The molecule has 2 aliphatic rings. The zero-order chi connectivity index (χ0) is 24.2. The van der Waals surface area contributed by atoms with E-state index in [1.807, 2.05) is 48.5 Å². The molecule has 2 aromatic rings. The van der Waals surface area contributed by atoms with Crippen LogP contribution in [0.2, 0.25) is 0 Å². The number of hydrogen-bond acceptors (Lipinski definition) is 4. The number of likely N-dealkylation sites (tertiary alicyclic amines) is 1. The SMILES string of the molecule is C#C[C@H]1CC[C@@H](C(=O)O)N1C(=O)[C@H](CC=C)NC(=O)OCC1c2ccccc2-c2ccccc21. The first-order valence-corrected chi connectivity index (χ1v) is 11.2. The second kappa shape index (κ2) is 9.84. The Kier molecular flexibility index (Phi) is 6.69. The number of carboxylic acid groups (broad SMARTS) is 1. The fraction of sp³-hybridized carbons (Fsp3) is 0.296. The van der Waals surface area contributed by atoms with Crippen LogP contribution < -0.4 is 5.32 Å². The van der Waals surface area contributed by atoms with Crippen LogP contribution in [0.5, 0.6) is 0 Å². The number of benzene rings is 2. The highest BCUT2D eigenvalue weighted by molar-refractivity contribution is 5.90. The summed E-state index contributed by atoms with van der Waals surface area (Å²) >= 11 is 0. The smallest absolute Gasteiger partial charge is 0.407 e. The predicted molar refractivity (Wildman–Crippen MR) is 127 cm³/mol. The van der Waals surface area contributed by atoms with Crippen LogP contribution >= 0.6 is 0 Å². The molecule has 174 valence electrons. The second-order valence-electron chi connectivity index (χ2n) is 8.41. The van der Waals surface area contributed by atoms with Gasteiger partial charge in [0.15, 0.2) is 0 Å². The third kappa shape index (κ3) is 4.27. The summed E-state index contributed by atoms with van der Waals surface area (Å²) < 4.78 is 5.55. The van der Waals surface area contributed by atoms with Crippen LogP contribution in [0.4, 0.5) is 4.79 Å². The molecule has 2 N–H and O–H groups in total. The van der Waals surface area contributed by atoms with E-state index in [4.69, 9.17) is 11.2 Å².